The molecule has 0 heterocycles. The lowest BCUT2D eigenvalue weighted by Crippen LogP contribution is -2.18. The summed E-state index contributed by atoms with van der Waals surface area (Å²) in [5.41, 5.74) is 5.58. The summed E-state index contributed by atoms with van der Waals surface area (Å²) < 4.78 is 7.75. The van der Waals surface area contributed by atoms with Crippen LogP contribution >= 0.6 is 47.8 Å². The highest BCUT2D eigenvalue weighted by Gasteiger charge is 2.16. The van der Waals surface area contributed by atoms with E-state index in [0.29, 0.717) is 36.9 Å². The minimum absolute atomic E-state index is 0.249. The standard InChI is InChI=1S/C29H20Br3N3O4/c1-17-5-7-19(8-6-17)29(38)39-26-21(13-23(31)15-25(26)32)16-33-35-28(37)20-3-2-4-24(14-20)34-27(36)18-9-11-22(30)12-10-18/h2-16H,1H3,(H,34,36)(H,35,37). The van der Waals surface area contributed by atoms with Crippen LogP contribution in [0.4, 0.5) is 5.69 Å². The Morgan fingerprint density at radius 3 is 2.18 bits per heavy atom. The summed E-state index contributed by atoms with van der Waals surface area (Å²) in [6, 6.07) is 23.9. The molecular formula is C29H20Br3N3O4. The molecule has 0 atom stereocenters. The fourth-order valence-corrected chi connectivity index (χ4v) is 5.00. The number of anilines is 1. The molecule has 0 radical (unpaired) electrons. The summed E-state index contributed by atoms with van der Waals surface area (Å²) in [5, 5.41) is 6.83. The molecule has 4 aromatic rings. The molecule has 0 aliphatic heterocycles. The van der Waals surface area contributed by atoms with E-state index in [1.165, 1.54) is 6.21 Å². The van der Waals surface area contributed by atoms with Crippen molar-refractivity contribution in [3.05, 3.63) is 126 Å². The molecule has 7 nitrogen and oxygen atoms in total. The van der Waals surface area contributed by atoms with Gasteiger partial charge in [0.1, 0.15) is 0 Å². The number of rotatable bonds is 7. The molecule has 2 amide bonds. The number of carbonyl (C=O) groups excluding carboxylic acids is 3. The van der Waals surface area contributed by atoms with Crippen molar-refractivity contribution >= 4 is 77.5 Å². The first-order valence-electron chi connectivity index (χ1n) is 11.5. The molecule has 39 heavy (non-hydrogen) atoms. The van der Waals surface area contributed by atoms with E-state index in [1.807, 2.05) is 19.1 Å². The van der Waals surface area contributed by atoms with Crippen molar-refractivity contribution in [2.24, 2.45) is 5.10 Å². The van der Waals surface area contributed by atoms with Gasteiger partial charge in [-0.1, -0.05) is 55.6 Å². The number of hydrazone groups is 1. The van der Waals surface area contributed by atoms with Gasteiger partial charge in [-0.2, -0.15) is 5.10 Å². The van der Waals surface area contributed by atoms with Crippen molar-refractivity contribution in [2.75, 3.05) is 5.32 Å². The monoisotopic (exact) mass is 711 g/mol. The molecule has 0 aliphatic rings. The van der Waals surface area contributed by atoms with E-state index in [2.05, 4.69) is 63.6 Å². The lowest BCUT2D eigenvalue weighted by Gasteiger charge is -2.11. The van der Waals surface area contributed by atoms with Crippen LogP contribution in [0.1, 0.15) is 42.2 Å². The third kappa shape index (κ3) is 7.72. The fourth-order valence-electron chi connectivity index (χ4n) is 3.39. The van der Waals surface area contributed by atoms with E-state index < -0.39 is 11.9 Å². The second-order valence-corrected chi connectivity index (χ2v) is 11.0. The van der Waals surface area contributed by atoms with E-state index in [-0.39, 0.29) is 11.7 Å². The van der Waals surface area contributed by atoms with Gasteiger partial charge in [0.25, 0.3) is 11.8 Å². The lowest BCUT2D eigenvalue weighted by molar-refractivity contribution is 0.0732. The summed E-state index contributed by atoms with van der Waals surface area (Å²) >= 11 is 10.2. The molecule has 4 aromatic carbocycles. The van der Waals surface area contributed by atoms with Crippen LogP contribution in [0.5, 0.6) is 5.75 Å². The van der Waals surface area contributed by atoms with E-state index >= 15 is 0 Å². The van der Waals surface area contributed by atoms with E-state index in [0.717, 1.165) is 10.0 Å². The Hall–Kier alpha value is -3.60. The molecule has 0 unspecified atom stereocenters. The summed E-state index contributed by atoms with van der Waals surface area (Å²) in [5.74, 6) is -1.07. The number of ether oxygens (including phenoxy) is 1. The fraction of sp³-hybridized carbons (Fsp3) is 0.0345. The Bertz CT molecular complexity index is 1570. The minimum Gasteiger partial charge on any atom is -0.421 e. The summed E-state index contributed by atoms with van der Waals surface area (Å²) in [6.45, 7) is 1.93. The maximum absolute atomic E-state index is 12.7. The largest absolute Gasteiger partial charge is 0.421 e. The zero-order valence-electron chi connectivity index (χ0n) is 20.4. The maximum atomic E-state index is 12.7. The quantitative estimate of drug-likeness (QED) is 0.0897. The maximum Gasteiger partial charge on any atom is 0.343 e. The third-order valence-corrected chi connectivity index (χ3v) is 6.95. The number of carbonyl (C=O) groups is 3. The minimum atomic E-state index is -0.529. The highest BCUT2D eigenvalue weighted by atomic mass is 79.9. The van der Waals surface area contributed by atoms with E-state index in [4.69, 9.17) is 4.74 Å². The van der Waals surface area contributed by atoms with Crippen LogP contribution in [0.25, 0.3) is 0 Å². The average molecular weight is 714 g/mol. The van der Waals surface area contributed by atoms with Crippen molar-refractivity contribution in [3.63, 3.8) is 0 Å². The molecule has 0 aromatic heterocycles. The van der Waals surface area contributed by atoms with Crippen molar-refractivity contribution in [1.82, 2.24) is 5.43 Å². The molecule has 0 aliphatic carbocycles. The molecule has 0 saturated heterocycles. The predicted octanol–water partition coefficient (Wildman–Crippen LogP) is 7.52. The van der Waals surface area contributed by atoms with Gasteiger partial charge in [-0.15, -0.1) is 0 Å². The van der Waals surface area contributed by atoms with Crippen LogP contribution < -0.4 is 15.5 Å². The Morgan fingerprint density at radius 2 is 1.46 bits per heavy atom. The molecule has 4 rings (SSSR count). The molecule has 0 spiro atoms. The van der Waals surface area contributed by atoms with Gasteiger partial charge in [0.05, 0.1) is 16.3 Å². The first kappa shape index (κ1) is 28.4. The van der Waals surface area contributed by atoms with Crippen molar-refractivity contribution < 1.29 is 19.1 Å². The van der Waals surface area contributed by atoms with Crippen LogP contribution in [-0.2, 0) is 0 Å². The summed E-state index contributed by atoms with van der Waals surface area (Å²) in [6.07, 6.45) is 1.38. The number of hydrogen-bond donors (Lipinski definition) is 2. The summed E-state index contributed by atoms with van der Waals surface area (Å²) in [7, 11) is 0. The highest BCUT2D eigenvalue weighted by molar-refractivity contribution is 9.11. The summed E-state index contributed by atoms with van der Waals surface area (Å²) in [4.78, 5) is 37.9. The van der Waals surface area contributed by atoms with Crippen molar-refractivity contribution in [2.45, 2.75) is 6.92 Å². The second kappa shape index (κ2) is 13.0. The van der Waals surface area contributed by atoms with E-state index in [1.54, 1.807) is 72.8 Å². The number of nitrogens with zero attached hydrogens (tertiary/aromatic N) is 1. The van der Waals surface area contributed by atoms with Crippen molar-refractivity contribution in [3.8, 4) is 5.75 Å². The van der Waals surface area contributed by atoms with Gasteiger partial charge in [-0.3, -0.25) is 9.59 Å². The number of amides is 2. The van der Waals surface area contributed by atoms with Gasteiger partial charge in [0.2, 0.25) is 0 Å². The molecule has 196 valence electrons. The average Bonchev–Trinajstić information content (AvgIpc) is 2.91. The highest BCUT2D eigenvalue weighted by Crippen LogP contribution is 2.32. The normalized spacial score (nSPS) is 10.8. The Kier molecular flexibility index (Phi) is 9.45. The molecule has 0 fully saturated rings. The molecule has 0 saturated carbocycles. The van der Waals surface area contributed by atoms with E-state index in [9.17, 15) is 14.4 Å². The first-order chi connectivity index (χ1) is 18.7. The number of hydrogen-bond acceptors (Lipinski definition) is 5. The zero-order valence-corrected chi connectivity index (χ0v) is 25.1. The topological polar surface area (TPSA) is 96.9 Å². The Morgan fingerprint density at radius 1 is 0.769 bits per heavy atom. The van der Waals surface area contributed by atoms with Crippen LogP contribution in [0.3, 0.4) is 0 Å². The lowest BCUT2D eigenvalue weighted by atomic mass is 10.1. The van der Waals surface area contributed by atoms with Gasteiger partial charge in [-0.25, -0.2) is 10.2 Å². The second-order valence-electron chi connectivity index (χ2n) is 8.30. The first-order valence-corrected chi connectivity index (χ1v) is 13.9. The van der Waals surface area contributed by atoms with Crippen LogP contribution in [0.15, 0.2) is 103 Å². The molecule has 0 bridgehead atoms. The Balaban J connectivity index is 1.45. The number of benzene rings is 4. The Labute approximate surface area is 250 Å². The molecule has 10 heteroatoms. The van der Waals surface area contributed by atoms with Gasteiger partial charge in [0, 0.05) is 31.3 Å². The van der Waals surface area contributed by atoms with Crippen LogP contribution in [0.2, 0.25) is 0 Å². The smallest absolute Gasteiger partial charge is 0.343 e. The van der Waals surface area contributed by atoms with Gasteiger partial charge >= 0.3 is 5.97 Å². The van der Waals surface area contributed by atoms with Crippen LogP contribution in [0, 0.1) is 6.92 Å². The predicted molar refractivity (Wildman–Crippen MR) is 162 cm³/mol. The number of halogens is 3. The number of nitrogens with one attached hydrogen (secondary N) is 2. The van der Waals surface area contributed by atoms with Gasteiger partial charge < -0.3 is 10.1 Å². The molecule has 2 N–H and O–H groups in total. The molecular weight excluding hydrogens is 694 g/mol. The van der Waals surface area contributed by atoms with Gasteiger partial charge in [0.15, 0.2) is 5.75 Å². The SMILES string of the molecule is Cc1ccc(C(=O)Oc2c(Br)cc(Br)cc2C=NNC(=O)c2cccc(NC(=O)c3ccc(Br)cc3)c2)cc1. The number of aryl methyl sites for hydroxylation is 1. The third-order valence-electron chi connectivity index (χ3n) is 5.38. The number of esters is 1. The zero-order chi connectivity index (χ0) is 27.9. The van der Waals surface area contributed by atoms with Crippen molar-refractivity contribution in [1.29, 1.82) is 0 Å². The van der Waals surface area contributed by atoms with Crippen LogP contribution in [-0.4, -0.2) is 24.0 Å². The van der Waals surface area contributed by atoms with Gasteiger partial charge in [-0.05, 0) is 89.6 Å².